The quantitative estimate of drug-likeness (QED) is 0.0222. The Hall–Kier alpha value is -1.94. The summed E-state index contributed by atoms with van der Waals surface area (Å²) in [4.78, 5) is 71.9. The molecule has 19 heteroatoms. The fraction of sp³-hybridized carbons (Fsp3) is 0.937. The number of unbranched alkanes of at least 4 members (excludes halogenated alkanes) is 32. The van der Waals surface area contributed by atoms with Gasteiger partial charge in [0.05, 0.1) is 26.4 Å². The van der Waals surface area contributed by atoms with Crippen LogP contribution >= 0.6 is 15.6 Å². The Morgan fingerprint density at radius 3 is 0.829 bits per heavy atom. The summed E-state index contributed by atoms with van der Waals surface area (Å²) < 4.78 is 67.8. The third-order valence-corrected chi connectivity index (χ3v) is 16.4. The normalized spacial score (nSPS) is 14.3. The molecule has 0 bridgehead atoms. The van der Waals surface area contributed by atoms with E-state index in [1.165, 1.54) is 122 Å². The maximum absolute atomic E-state index is 13.0. The average molecular weight is 1210 g/mol. The first-order valence-electron chi connectivity index (χ1n) is 33.0. The Morgan fingerprint density at radius 1 is 0.329 bits per heavy atom. The van der Waals surface area contributed by atoms with E-state index in [0.717, 1.165) is 108 Å². The van der Waals surface area contributed by atoms with Crippen LogP contribution in [0.3, 0.4) is 0 Å². The molecule has 5 atom stereocenters. The van der Waals surface area contributed by atoms with E-state index < -0.39 is 97.5 Å². The first-order valence-corrected chi connectivity index (χ1v) is 36.0. The van der Waals surface area contributed by atoms with E-state index in [4.69, 9.17) is 37.0 Å². The fourth-order valence-electron chi connectivity index (χ4n) is 9.35. The number of phosphoric acid groups is 2. The molecule has 0 amide bonds. The van der Waals surface area contributed by atoms with Gasteiger partial charge >= 0.3 is 39.5 Å². The summed E-state index contributed by atoms with van der Waals surface area (Å²) in [6, 6.07) is 0. The van der Waals surface area contributed by atoms with Crippen LogP contribution in [0.15, 0.2) is 0 Å². The van der Waals surface area contributed by atoms with Crippen molar-refractivity contribution >= 4 is 39.5 Å². The Morgan fingerprint density at radius 2 is 0.561 bits per heavy atom. The van der Waals surface area contributed by atoms with Crippen LogP contribution in [-0.2, 0) is 65.4 Å². The summed E-state index contributed by atoms with van der Waals surface area (Å²) in [5.74, 6) is -0.664. The minimum absolute atomic E-state index is 0.104. The molecule has 486 valence electrons. The minimum Gasteiger partial charge on any atom is -0.462 e. The molecule has 17 nitrogen and oxygen atoms in total. The second-order valence-corrected chi connectivity index (χ2v) is 26.7. The lowest BCUT2D eigenvalue weighted by Gasteiger charge is -2.21. The van der Waals surface area contributed by atoms with E-state index in [1.807, 2.05) is 0 Å². The van der Waals surface area contributed by atoms with Crippen molar-refractivity contribution in [2.24, 2.45) is 11.8 Å². The number of aliphatic hydroxyl groups is 1. The van der Waals surface area contributed by atoms with Gasteiger partial charge < -0.3 is 33.8 Å². The monoisotopic (exact) mass is 1210 g/mol. The van der Waals surface area contributed by atoms with Crippen molar-refractivity contribution in [1.82, 2.24) is 0 Å². The molecule has 0 aliphatic heterocycles. The van der Waals surface area contributed by atoms with Crippen molar-refractivity contribution in [1.29, 1.82) is 0 Å². The zero-order chi connectivity index (χ0) is 60.8. The van der Waals surface area contributed by atoms with Gasteiger partial charge in [0.2, 0.25) is 0 Å². The molecule has 0 aliphatic rings. The smallest absolute Gasteiger partial charge is 0.462 e. The zero-order valence-electron chi connectivity index (χ0n) is 52.8. The van der Waals surface area contributed by atoms with Crippen molar-refractivity contribution in [3.05, 3.63) is 0 Å². The number of carbonyl (C=O) groups is 4. The van der Waals surface area contributed by atoms with Crippen LogP contribution in [0.25, 0.3) is 0 Å². The summed E-state index contributed by atoms with van der Waals surface area (Å²) >= 11 is 0. The molecule has 0 aromatic heterocycles. The van der Waals surface area contributed by atoms with Crippen molar-refractivity contribution in [2.45, 2.75) is 330 Å². The van der Waals surface area contributed by atoms with Gasteiger partial charge in [0.25, 0.3) is 0 Å². The van der Waals surface area contributed by atoms with E-state index in [2.05, 4.69) is 41.5 Å². The number of aliphatic hydroxyl groups excluding tert-OH is 1. The van der Waals surface area contributed by atoms with Crippen molar-refractivity contribution in [3.63, 3.8) is 0 Å². The molecule has 0 aromatic carbocycles. The van der Waals surface area contributed by atoms with Crippen LogP contribution in [0.1, 0.15) is 311 Å². The standard InChI is InChI=1S/C63H122O17P2/c1-7-9-11-13-14-15-16-17-18-23-29-35-41-47-62(67)80-59(52-74-61(66)46-40-34-28-24-19-21-26-32-37-43-55(3)4)54-78-82(71,72)76-50-57(64)49-75-81(69,70)77-53-58(51-73-60(65)45-39-31-12-10-8-2)79-63(68)48-42-36-30-25-20-22-27-33-38-44-56(5)6/h55-59,64H,7-54H2,1-6H3,(H,69,70)(H,71,72)/t57-,58+,59+/m0/s1. The molecule has 2 unspecified atom stereocenters. The van der Waals surface area contributed by atoms with Gasteiger partial charge in [0, 0.05) is 25.7 Å². The molecule has 0 saturated carbocycles. The third kappa shape index (κ3) is 57.2. The lowest BCUT2D eigenvalue weighted by Crippen LogP contribution is -2.30. The molecule has 0 aliphatic carbocycles. The topological polar surface area (TPSA) is 237 Å². The highest BCUT2D eigenvalue weighted by Gasteiger charge is 2.30. The molecule has 0 saturated heterocycles. The van der Waals surface area contributed by atoms with Crippen LogP contribution in [0.4, 0.5) is 0 Å². The molecule has 0 rings (SSSR count). The van der Waals surface area contributed by atoms with Crippen LogP contribution in [0, 0.1) is 11.8 Å². The lowest BCUT2D eigenvalue weighted by molar-refractivity contribution is -0.161. The van der Waals surface area contributed by atoms with Crippen LogP contribution in [0.5, 0.6) is 0 Å². The first kappa shape index (κ1) is 80.1. The number of hydrogen-bond donors (Lipinski definition) is 3. The van der Waals surface area contributed by atoms with Gasteiger partial charge in [0.15, 0.2) is 12.2 Å². The predicted molar refractivity (Wildman–Crippen MR) is 326 cm³/mol. The highest BCUT2D eigenvalue weighted by Crippen LogP contribution is 2.45. The van der Waals surface area contributed by atoms with Crippen LogP contribution in [-0.4, -0.2) is 96.7 Å². The lowest BCUT2D eigenvalue weighted by atomic mass is 10.0. The van der Waals surface area contributed by atoms with E-state index in [0.29, 0.717) is 25.7 Å². The number of rotatable bonds is 62. The van der Waals surface area contributed by atoms with Gasteiger partial charge in [0.1, 0.15) is 19.3 Å². The summed E-state index contributed by atoms with van der Waals surface area (Å²) in [5, 5.41) is 10.5. The number of hydrogen-bond acceptors (Lipinski definition) is 15. The maximum atomic E-state index is 13.0. The molecule has 0 radical (unpaired) electrons. The van der Waals surface area contributed by atoms with E-state index in [9.17, 15) is 43.2 Å². The summed E-state index contributed by atoms with van der Waals surface area (Å²) in [6.07, 6.45) is 37.9. The molecule has 0 heterocycles. The zero-order valence-corrected chi connectivity index (χ0v) is 54.6. The van der Waals surface area contributed by atoms with Gasteiger partial charge in [-0.05, 0) is 37.5 Å². The minimum atomic E-state index is -4.94. The largest absolute Gasteiger partial charge is 0.472 e. The van der Waals surface area contributed by atoms with Crippen molar-refractivity contribution < 1.29 is 80.2 Å². The van der Waals surface area contributed by atoms with Gasteiger partial charge in [-0.25, -0.2) is 9.13 Å². The molecular weight excluding hydrogens is 1090 g/mol. The summed E-state index contributed by atoms with van der Waals surface area (Å²) in [6.45, 7) is 9.36. The molecule has 0 spiro atoms. The van der Waals surface area contributed by atoms with Crippen LogP contribution in [0.2, 0.25) is 0 Å². The number of ether oxygens (including phenoxy) is 4. The predicted octanol–water partition coefficient (Wildman–Crippen LogP) is 17.3. The molecular formula is C63H122O17P2. The Balaban J connectivity index is 5.18. The van der Waals surface area contributed by atoms with Gasteiger partial charge in [-0.3, -0.25) is 37.3 Å². The second-order valence-electron chi connectivity index (χ2n) is 23.7. The third-order valence-electron chi connectivity index (χ3n) is 14.5. The number of carbonyl (C=O) groups excluding carboxylic acids is 4. The molecule has 0 fully saturated rings. The molecule has 0 aromatic rings. The molecule has 3 N–H and O–H groups in total. The SMILES string of the molecule is CCCCCCCCCCCCCCCC(=O)O[C@H](COC(=O)CCCCCCCCCCCC(C)C)COP(=O)(O)OC[C@@H](O)COP(=O)(O)OC[C@@H](COC(=O)CCCCCCC)OC(=O)CCCCCCCCCCCC(C)C. The van der Waals surface area contributed by atoms with E-state index in [1.54, 1.807) is 0 Å². The van der Waals surface area contributed by atoms with E-state index >= 15 is 0 Å². The first-order chi connectivity index (χ1) is 39.4. The van der Waals surface area contributed by atoms with Gasteiger partial charge in [-0.1, -0.05) is 260 Å². The van der Waals surface area contributed by atoms with Crippen molar-refractivity contribution in [2.75, 3.05) is 39.6 Å². The summed E-state index contributed by atoms with van der Waals surface area (Å²) in [5.41, 5.74) is 0. The number of esters is 4. The van der Waals surface area contributed by atoms with Crippen molar-refractivity contribution in [3.8, 4) is 0 Å². The van der Waals surface area contributed by atoms with Gasteiger partial charge in [-0.15, -0.1) is 0 Å². The van der Waals surface area contributed by atoms with E-state index in [-0.39, 0.29) is 25.7 Å². The van der Waals surface area contributed by atoms with Crippen LogP contribution < -0.4 is 0 Å². The Labute approximate surface area is 498 Å². The number of phosphoric ester groups is 2. The Bertz CT molecular complexity index is 1620. The highest BCUT2D eigenvalue weighted by molar-refractivity contribution is 7.47. The Kier molecular flexibility index (Phi) is 54.3. The fourth-order valence-corrected chi connectivity index (χ4v) is 10.9. The maximum Gasteiger partial charge on any atom is 0.472 e. The summed E-state index contributed by atoms with van der Waals surface area (Å²) in [7, 11) is -9.88. The van der Waals surface area contributed by atoms with Gasteiger partial charge in [-0.2, -0.15) is 0 Å². The highest BCUT2D eigenvalue weighted by atomic mass is 31.2. The second kappa shape index (κ2) is 55.6. The molecule has 82 heavy (non-hydrogen) atoms. The average Bonchev–Trinajstić information content (AvgIpc) is 3.43.